The fourth-order valence-electron chi connectivity index (χ4n) is 3.11. The van der Waals surface area contributed by atoms with Gasteiger partial charge in [-0.05, 0) is 48.4 Å². The van der Waals surface area contributed by atoms with Crippen LogP contribution >= 0.6 is 0 Å². The lowest BCUT2D eigenvalue weighted by atomic mass is 10.1. The lowest BCUT2D eigenvalue weighted by Gasteiger charge is -2.08. The maximum atomic E-state index is 12.9. The summed E-state index contributed by atoms with van der Waals surface area (Å²) >= 11 is 0. The van der Waals surface area contributed by atoms with Gasteiger partial charge in [-0.25, -0.2) is 4.79 Å². The fourth-order valence-corrected chi connectivity index (χ4v) is 3.11. The second-order valence-electron chi connectivity index (χ2n) is 6.57. The molecule has 29 heavy (non-hydrogen) atoms. The Kier molecular flexibility index (Phi) is 4.87. The van der Waals surface area contributed by atoms with Gasteiger partial charge in [-0.3, -0.25) is 4.79 Å². The van der Waals surface area contributed by atoms with Crippen LogP contribution in [0, 0.1) is 6.92 Å². The molecule has 0 aliphatic carbocycles. The van der Waals surface area contributed by atoms with Gasteiger partial charge in [0.05, 0.1) is 23.6 Å². The van der Waals surface area contributed by atoms with Crippen LogP contribution in [0.4, 0.5) is 0 Å². The molecule has 0 amide bonds. The third-order valence-electron chi connectivity index (χ3n) is 4.72. The molecule has 1 heterocycles. The van der Waals surface area contributed by atoms with Gasteiger partial charge in [-0.15, -0.1) is 0 Å². The number of carbonyl (C=O) groups is 1. The van der Waals surface area contributed by atoms with E-state index in [1.165, 1.54) is 6.26 Å². The molecule has 0 fully saturated rings. The molecule has 0 aliphatic rings. The van der Waals surface area contributed by atoms with E-state index in [0.29, 0.717) is 33.6 Å². The third-order valence-corrected chi connectivity index (χ3v) is 4.72. The Hall–Kier alpha value is -3.86. The van der Waals surface area contributed by atoms with E-state index in [1.54, 1.807) is 61.7 Å². The Morgan fingerprint density at radius 2 is 1.66 bits per heavy atom. The first-order valence-electron chi connectivity index (χ1n) is 9.04. The number of aryl methyl sites for hydroxylation is 1. The van der Waals surface area contributed by atoms with Crippen molar-refractivity contribution in [2.24, 2.45) is 0 Å². The molecule has 1 aromatic heterocycles. The zero-order chi connectivity index (χ0) is 20.4. The highest BCUT2D eigenvalue weighted by atomic mass is 16.5. The SMILES string of the molecule is COc1ccc(-c2coc3cc(OC(=O)c4ccccc4C)ccc3c2=O)cc1. The summed E-state index contributed by atoms with van der Waals surface area (Å²) in [4.78, 5) is 25.3. The van der Waals surface area contributed by atoms with Crippen molar-refractivity contribution in [3.05, 3.63) is 94.3 Å². The molecule has 0 unspecified atom stereocenters. The third kappa shape index (κ3) is 3.62. The summed E-state index contributed by atoms with van der Waals surface area (Å²) in [6.45, 7) is 1.84. The zero-order valence-electron chi connectivity index (χ0n) is 16.0. The van der Waals surface area contributed by atoms with Gasteiger partial charge in [0.1, 0.15) is 23.3 Å². The van der Waals surface area contributed by atoms with Crippen molar-refractivity contribution in [3.63, 3.8) is 0 Å². The lowest BCUT2D eigenvalue weighted by Crippen LogP contribution is -2.10. The number of benzene rings is 3. The van der Waals surface area contributed by atoms with Crippen LogP contribution in [0.2, 0.25) is 0 Å². The lowest BCUT2D eigenvalue weighted by molar-refractivity contribution is 0.0734. The molecule has 144 valence electrons. The molecule has 0 radical (unpaired) electrons. The van der Waals surface area contributed by atoms with E-state index in [0.717, 1.165) is 11.1 Å². The highest BCUT2D eigenvalue weighted by molar-refractivity contribution is 5.93. The van der Waals surface area contributed by atoms with Crippen LogP contribution in [-0.4, -0.2) is 13.1 Å². The van der Waals surface area contributed by atoms with Gasteiger partial charge in [-0.1, -0.05) is 30.3 Å². The van der Waals surface area contributed by atoms with Gasteiger partial charge in [0.15, 0.2) is 5.43 Å². The summed E-state index contributed by atoms with van der Waals surface area (Å²) in [6, 6.07) is 19.1. The predicted molar refractivity (Wildman–Crippen MR) is 111 cm³/mol. The fraction of sp³-hybridized carbons (Fsp3) is 0.0833. The molecule has 0 N–H and O–H groups in total. The van der Waals surface area contributed by atoms with Crippen LogP contribution < -0.4 is 14.9 Å². The van der Waals surface area contributed by atoms with Crippen LogP contribution in [0.5, 0.6) is 11.5 Å². The van der Waals surface area contributed by atoms with E-state index in [2.05, 4.69) is 0 Å². The molecule has 4 rings (SSSR count). The molecular formula is C24H18O5. The van der Waals surface area contributed by atoms with Crippen LogP contribution in [0.3, 0.4) is 0 Å². The summed E-state index contributed by atoms with van der Waals surface area (Å²) in [6.07, 6.45) is 1.42. The number of ether oxygens (including phenoxy) is 2. The van der Waals surface area contributed by atoms with Gasteiger partial charge in [0.2, 0.25) is 0 Å². The molecule has 0 atom stereocenters. The van der Waals surface area contributed by atoms with Crippen molar-refractivity contribution >= 4 is 16.9 Å². The smallest absolute Gasteiger partial charge is 0.343 e. The number of esters is 1. The predicted octanol–water partition coefficient (Wildman–Crippen LogP) is 5.00. The van der Waals surface area contributed by atoms with E-state index in [1.807, 2.05) is 19.1 Å². The van der Waals surface area contributed by atoms with E-state index >= 15 is 0 Å². The Bertz CT molecular complexity index is 1250. The van der Waals surface area contributed by atoms with Crippen molar-refractivity contribution in [3.8, 4) is 22.6 Å². The van der Waals surface area contributed by atoms with Gasteiger partial charge in [0, 0.05) is 6.07 Å². The van der Waals surface area contributed by atoms with Crippen molar-refractivity contribution in [1.82, 2.24) is 0 Å². The minimum Gasteiger partial charge on any atom is -0.497 e. The maximum absolute atomic E-state index is 12.9. The quantitative estimate of drug-likeness (QED) is 0.365. The second kappa shape index (κ2) is 7.64. The molecule has 0 bridgehead atoms. The minimum absolute atomic E-state index is 0.159. The average molecular weight is 386 g/mol. The molecular weight excluding hydrogens is 368 g/mol. The van der Waals surface area contributed by atoms with Crippen LogP contribution in [0.25, 0.3) is 22.1 Å². The number of hydrogen-bond acceptors (Lipinski definition) is 5. The van der Waals surface area contributed by atoms with Crippen molar-refractivity contribution in [2.75, 3.05) is 7.11 Å². The van der Waals surface area contributed by atoms with E-state index in [9.17, 15) is 9.59 Å². The van der Waals surface area contributed by atoms with Gasteiger partial charge in [0.25, 0.3) is 0 Å². The van der Waals surface area contributed by atoms with Gasteiger partial charge in [-0.2, -0.15) is 0 Å². The first-order valence-corrected chi connectivity index (χ1v) is 9.04. The van der Waals surface area contributed by atoms with Crippen LogP contribution in [0.1, 0.15) is 15.9 Å². The Balaban J connectivity index is 1.66. The van der Waals surface area contributed by atoms with Crippen LogP contribution in [0.15, 0.2) is 82.2 Å². The standard InChI is InChI=1S/C24H18O5/c1-15-5-3-4-6-19(15)24(26)29-18-11-12-20-22(13-18)28-14-21(23(20)25)16-7-9-17(27-2)10-8-16/h3-14H,1-2H3. The van der Waals surface area contributed by atoms with Crippen LogP contribution in [-0.2, 0) is 0 Å². The van der Waals surface area contributed by atoms with Gasteiger partial charge < -0.3 is 13.9 Å². The summed E-state index contributed by atoms with van der Waals surface area (Å²) in [5.41, 5.74) is 2.69. The molecule has 4 aromatic rings. The Morgan fingerprint density at radius 3 is 2.38 bits per heavy atom. The highest BCUT2D eigenvalue weighted by Crippen LogP contribution is 2.25. The number of hydrogen-bond donors (Lipinski definition) is 0. The molecule has 0 saturated heterocycles. The molecule has 0 spiro atoms. The molecule has 3 aromatic carbocycles. The molecule has 0 aliphatic heterocycles. The van der Waals surface area contributed by atoms with E-state index in [-0.39, 0.29) is 5.43 Å². The number of rotatable bonds is 4. The topological polar surface area (TPSA) is 65.7 Å². The van der Waals surface area contributed by atoms with Crippen molar-refractivity contribution < 1.29 is 18.7 Å². The number of fused-ring (bicyclic) bond motifs is 1. The summed E-state index contributed by atoms with van der Waals surface area (Å²) < 4.78 is 16.3. The monoisotopic (exact) mass is 386 g/mol. The largest absolute Gasteiger partial charge is 0.497 e. The molecule has 5 heteroatoms. The Labute approximate surface area is 167 Å². The van der Waals surface area contributed by atoms with E-state index in [4.69, 9.17) is 13.9 Å². The second-order valence-corrected chi connectivity index (χ2v) is 6.57. The minimum atomic E-state index is -0.459. The van der Waals surface area contributed by atoms with Gasteiger partial charge >= 0.3 is 5.97 Å². The normalized spacial score (nSPS) is 10.7. The van der Waals surface area contributed by atoms with E-state index < -0.39 is 5.97 Å². The average Bonchev–Trinajstić information content (AvgIpc) is 2.74. The van der Waals surface area contributed by atoms with Crippen molar-refractivity contribution in [2.45, 2.75) is 6.92 Å². The Morgan fingerprint density at radius 1 is 0.931 bits per heavy atom. The van der Waals surface area contributed by atoms with Crippen molar-refractivity contribution in [1.29, 1.82) is 0 Å². The summed E-state index contributed by atoms with van der Waals surface area (Å²) in [7, 11) is 1.59. The zero-order valence-corrected chi connectivity index (χ0v) is 16.0. The molecule has 0 saturated carbocycles. The maximum Gasteiger partial charge on any atom is 0.343 e. The summed E-state index contributed by atoms with van der Waals surface area (Å²) in [5, 5.41) is 0.411. The summed E-state index contributed by atoms with van der Waals surface area (Å²) in [5.74, 6) is 0.560. The first-order chi connectivity index (χ1) is 14.1. The first kappa shape index (κ1) is 18.5. The highest BCUT2D eigenvalue weighted by Gasteiger charge is 2.14. The molecule has 5 nitrogen and oxygen atoms in total. The number of methoxy groups -OCH3 is 1. The number of carbonyl (C=O) groups excluding carboxylic acids is 1.